The summed E-state index contributed by atoms with van der Waals surface area (Å²) in [7, 11) is -0.509. The van der Waals surface area contributed by atoms with Gasteiger partial charge in [-0.15, -0.1) is 0 Å². The zero-order valence-corrected chi connectivity index (χ0v) is 40.3. The Kier molecular flexibility index (Phi) is 9.13. The third-order valence-corrected chi connectivity index (χ3v) is 28.9. The molecule has 4 aromatic carbocycles. The fraction of sp³-hybridized carbons (Fsp3) is 0.586. The summed E-state index contributed by atoms with van der Waals surface area (Å²) in [4.78, 5) is 12.4. The molecule has 6 aliphatic carbocycles. The molecule has 22 atom stereocenters. The first-order valence-electron chi connectivity index (χ1n) is 27.0. The first kappa shape index (κ1) is 39.7. The first-order chi connectivity index (χ1) is 32.8. The second-order valence-corrected chi connectivity index (χ2v) is 28.5. The molecule has 22 unspecified atom stereocenters. The highest BCUT2D eigenvalue weighted by Gasteiger charge is 2.74. The first-order valence-corrected chi connectivity index (χ1v) is 30.1. The number of hydrogen-bond donors (Lipinski definition) is 0. The molecule has 6 heterocycles. The van der Waals surface area contributed by atoms with E-state index in [0.717, 1.165) is 11.3 Å². The summed E-state index contributed by atoms with van der Waals surface area (Å²) in [5.41, 5.74) is 10.1. The zero-order valence-electron chi connectivity index (χ0n) is 38.5. The van der Waals surface area contributed by atoms with Crippen molar-refractivity contribution in [3.05, 3.63) is 121 Å². The number of rotatable bonds is 4. The van der Waals surface area contributed by atoms with Crippen LogP contribution in [0.2, 0.25) is 0 Å². The van der Waals surface area contributed by atoms with Gasteiger partial charge in [0.05, 0.1) is 24.4 Å². The molecule has 6 aliphatic heterocycles. The molecule has 12 aliphatic rings. The highest BCUT2D eigenvalue weighted by atomic mass is 31.1. The van der Waals surface area contributed by atoms with Crippen LogP contribution in [0.5, 0.6) is 0 Å². The van der Waals surface area contributed by atoms with E-state index < -0.39 is 0 Å². The molecule has 0 bridgehead atoms. The maximum absolute atomic E-state index is 8.19. The van der Waals surface area contributed by atoms with E-state index in [-0.39, 0.29) is 15.8 Å². The number of hydrogen-bond acceptors (Lipinski definition) is 6. The minimum absolute atomic E-state index is 0.255. The molecule has 6 saturated carbocycles. The van der Waals surface area contributed by atoms with Crippen LogP contribution in [0.4, 0.5) is 22.7 Å². The number of anilines is 4. The summed E-state index contributed by atoms with van der Waals surface area (Å²) >= 11 is 0. The van der Waals surface area contributed by atoms with Crippen LogP contribution in [0.1, 0.15) is 89.9 Å². The predicted octanol–water partition coefficient (Wildman–Crippen LogP) is 11.5. The molecule has 8 heteroatoms. The van der Waals surface area contributed by atoms with E-state index in [0.29, 0.717) is 107 Å². The molecule has 16 rings (SSSR count). The Morgan fingerprint density at radius 3 is 1.23 bits per heavy atom. The van der Waals surface area contributed by atoms with Crippen molar-refractivity contribution in [2.45, 2.75) is 197 Å². The number of ether oxygens (including phenoxy) is 2. The normalized spacial score (nSPS) is 47.5. The third-order valence-electron chi connectivity index (χ3n) is 20.8. The van der Waals surface area contributed by atoms with Crippen LogP contribution in [0.15, 0.2) is 121 Å². The molecule has 6 saturated heterocycles. The third kappa shape index (κ3) is 5.41. The van der Waals surface area contributed by atoms with E-state index in [1.807, 2.05) is 0 Å². The van der Waals surface area contributed by atoms with Gasteiger partial charge in [0.25, 0.3) is 0 Å². The minimum atomic E-state index is -0.255. The van der Waals surface area contributed by atoms with Gasteiger partial charge >= 0.3 is 0 Å². The lowest BCUT2D eigenvalue weighted by molar-refractivity contribution is -0.148. The van der Waals surface area contributed by atoms with Crippen LogP contribution in [-0.2, 0) is 9.47 Å². The topological polar surface area (TPSA) is 31.4 Å². The summed E-state index contributed by atoms with van der Waals surface area (Å²) in [5.74, 6) is 1.16. The fourth-order valence-electron chi connectivity index (χ4n) is 19.3. The van der Waals surface area contributed by atoms with Crippen LogP contribution in [0.25, 0.3) is 0 Å². The summed E-state index contributed by atoms with van der Waals surface area (Å²) in [6, 6.07) is 52.2. The Morgan fingerprint density at radius 1 is 0.333 bits per heavy atom. The molecule has 0 N–H and O–H groups in total. The molecule has 6 nitrogen and oxygen atoms in total. The predicted molar refractivity (Wildman–Crippen MR) is 271 cm³/mol. The van der Waals surface area contributed by atoms with Gasteiger partial charge in [-0.3, -0.25) is 0 Å². The maximum Gasteiger partial charge on any atom is 0.0698 e. The fourth-order valence-corrected chi connectivity index (χ4v) is 29.6. The second-order valence-electron chi connectivity index (χ2n) is 23.1. The van der Waals surface area contributed by atoms with Crippen molar-refractivity contribution in [1.82, 2.24) is 0 Å². The van der Waals surface area contributed by atoms with E-state index in [9.17, 15) is 0 Å². The van der Waals surface area contributed by atoms with Gasteiger partial charge in [-0.05, 0) is 150 Å². The van der Waals surface area contributed by atoms with Gasteiger partial charge in [0.15, 0.2) is 0 Å². The van der Waals surface area contributed by atoms with Crippen molar-refractivity contribution in [1.29, 1.82) is 0 Å². The van der Waals surface area contributed by atoms with Crippen LogP contribution in [0.3, 0.4) is 0 Å². The maximum atomic E-state index is 8.19. The van der Waals surface area contributed by atoms with E-state index in [1.54, 1.807) is 0 Å². The SMILES string of the molecule is c1ccc(N2C3CCCC4OC5C6CC7OC8CCCC9C8P8C%10C(CCCC%10N(c%10ccccc%10)C(C6CC6C5P(C43)C3C2CCCC3N6c2ccccc2)C78)N9c2ccccc2)cc1. The Morgan fingerprint density at radius 2 is 0.727 bits per heavy atom. The second kappa shape index (κ2) is 15.2. The van der Waals surface area contributed by atoms with Crippen molar-refractivity contribution < 1.29 is 9.47 Å². The Hall–Kier alpha value is -3.14. The lowest BCUT2D eigenvalue weighted by Gasteiger charge is -2.76. The lowest BCUT2D eigenvalue weighted by Crippen LogP contribution is -2.81. The number of para-hydroxylation sites is 4. The number of nitrogens with zero attached hydrogens (tertiary/aromatic N) is 4. The highest BCUT2D eigenvalue weighted by molar-refractivity contribution is 7.61. The largest absolute Gasteiger partial charge is 0.373 e. The van der Waals surface area contributed by atoms with Crippen LogP contribution in [0, 0.1) is 11.8 Å². The van der Waals surface area contributed by atoms with Crippen molar-refractivity contribution in [2.24, 2.45) is 11.8 Å². The Balaban J connectivity index is 0.871. The molecule has 12 fully saturated rings. The molecular formula is C58H68N4O2P2. The lowest BCUT2D eigenvalue weighted by atomic mass is 9.62. The molecule has 0 radical (unpaired) electrons. The van der Waals surface area contributed by atoms with Gasteiger partial charge in [0.2, 0.25) is 0 Å². The van der Waals surface area contributed by atoms with Crippen molar-refractivity contribution in [2.75, 3.05) is 19.6 Å². The monoisotopic (exact) mass is 914 g/mol. The van der Waals surface area contributed by atoms with Gasteiger partial charge in [-0.25, -0.2) is 0 Å². The van der Waals surface area contributed by atoms with Crippen LogP contribution < -0.4 is 19.6 Å². The van der Waals surface area contributed by atoms with Crippen LogP contribution in [-0.4, -0.2) is 107 Å². The quantitative estimate of drug-likeness (QED) is 0.190. The minimum Gasteiger partial charge on any atom is -0.373 e. The van der Waals surface area contributed by atoms with Gasteiger partial charge in [-0.1, -0.05) is 88.6 Å². The number of fused-ring (bicyclic) bond motifs is 3. The van der Waals surface area contributed by atoms with E-state index in [1.165, 1.54) is 113 Å². The molecule has 0 aromatic heterocycles. The van der Waals surface area contributed by atoms with E-state index >= 15 is 0 Å². The average Bonchev–Trinajstić information content (AvgIpc) is 3.38. The Labute approximate surface area is 395 Å². The summed E-state index contributed by atoms with van der Waals surface area (Å²) in [6.45, 7) is 0. The summed E-state index contributed by atoms with van der Waals surface area (Å²) in [5, 5.41) is 0. The molecule has 66 heavy (non-hydrogen) atoms. The molecular weight excluding hydrogens is 847 g/mol. The Bertz CT molecular complexity index is 2370. The van der Waals surface area contributed by atoms with Gasteiger partial charge in [-0.2, -0.15) is 0 Å². The van der Waals surface area contributed by atoms with Crippen molar-refractivity contribution >= 4 is 38.6 Å². The zero-order chi connectivity index (χ0) is 42.8. The molecule has 0 amide bonds. The summed E-state index contributed by atoms with van der Waals surface area (Å²) in [6.07, 6.45) is 20.0. The van der Waals surface area contributed by atoms with E-state index in [4.69, 9.17) is 9.47 Å². The molecule has 0 spiro atoms. The molecule has 4 aromatic rings. The smallest absolute Gasteiger partial charge is 0.0698 e. The van der Waals surface area contributed by atoms with Crippen LogP contribution >= 0.6 is 15.8 Å². The van der Waals surface area contributed by atoms with Gasteiger partial charge in [0.1, 0.15) is 0 Å². The average molecular weight is 915 g/mol. The van der Waals surface area contributed by atoms with Gasteiger partial charge in [0, 0.05) is 105 Å². The van der Waals surface area contributed by atoms with E-state index in [2.05, 4.69) is 141 Å². The van der Waals surface area contributed by atoms with Gasteiger partial charge < -0.3 is 29.1 Å². The molecule has 342 valence electrons. The van der Waals surface area contributed by atoms with Crippen molar-refractivity contribution in [3.63, 3.8) is 0 Å². The van der Waals surface area contributed by atoms with Crippen molar-refractivity contribution in [3.8, 4) is 0 Å². The highest BCUT2D eigenvalue weighted by Crippen LogP contribution is 2.77. The summed E-state index contributed by atoms with van der Waals surface area (Å²) < 4.78 is 16.2. The standard InChI is InChI=1S/C58H68N4O2P2/c1-5-17-35(18-6-1)59-41-25-13-27-43-53(41)65-56-46(59)30-16-32-49(56)64-52-40-34-50-58-51(39(40)33-47(57(52)65)61(43)37-21-9-3-10-22-37)62(38-23-11-4-12-24-38)44-28-14-26-42-54(44)66(58)55-45(29-15-31-48(55)63-50)60(42)36-19-7-2-8-20-36/h1-12,17-24,39-58H,13-16,25-34H2. The number of benzene rings is 4.